The highest BCUT2D eigenvalue weighted by Gasteiger charge is 2.45. The lowest BCUT2D eigenvalue weighted by Gasteiger charge is -2.17. The van der Waals surface area contributed by atoms with E-state index in [4.69, 9.17) is 9.47 Å². The van der Waals surface area contributed by atoms with Crippen molar-refractivity contribution < 1.29 is 19.7 Å². The van der Waals surface area contributed by atoms with Gasteiger partial charge in [-0.3, -0.25) is 9.36 Å². The minimum atomic E-state index is -1.01. The third kappa shape index (κ3) is 4.17. The summed E-state index contributed by atoms with van der Waals surface area (Å²) in [6, 6.07) is 0. The van der Waals surface area contributed by atoms with Crippen LogP contribution in [0.15, 0.2) is 11.1 Å². The van der Waals surface area contributed by atoms with Crippen molar-refractivity contribution in [3.05, 3.63) is 22.5 Å². The molecule has 0 aromatic carbocycles. The topological polar surface area (TPSA) is 122 Å². The second-order valence-electron chi connectivity index (χ2n) is 5.49. The van der Waals surface area contributed by atoms with E-state index in [1.54, 1.807) is 6.92 Å². The van der Waals surface area contributed by atoms with Crippen molar-refractivity contribution >= 4 is 40.8 Å². The van der Waals surface area contributed by atoms with Crippen LogP contribution in [0.5, 0.6) is 0 Å². The molecule has 13 heteroatoms. The van der Waals surface area contributed by atoms with E-state index in [1.165, 1.54) is 18.0 Å². The number of imidazole rings is 1. The second kappa shape index (κ2) is 8.22. The molecule has 126 valence electrons. The van der Waals surface area contributed by atoms with Crippen LogP contribution in [0, 0.1) is 6.92 Å². The average Bonchev–Trinajstić information content (AvgIpc) is 3.07. The number of aliphatic hydroxyl groups is 2. The maximum Gasteiger partial charge on any atom is 0.279 e. The highest BCUT2D eigenvalue weighted by atomic mass is 16.6. The molecular formula is C12H16B4N4O5. The van der Waals surface area contributed by atoms with E-state index in [0.29, 0.717) is 11.5 Å². The molecule has 1 aliphatic heterocycles. The number of aliphatic hydroxyl groups excluding tert-OH is 2. The number of H-pyrrole nitrogens is 1. The van der Waals surface area contributed by atoms with Crippen LogP contribution in [0.1, 0.15) is 12.1 Å². The number of nitrogens with zero attached hydrogens (tertiary/aromatic N) is 3. The number of rotatable bonds is 3. The van der Waals surface area contributed by atoms with Crippen LogP contribution < -0.4 is 5.56 Å². The van der Waals surface area contributed by atoms with E-state index >= 15 is 0 Å². The third-order valence-corrected chi connectivity index (χ3v) is 3.59. The maximum absolute atomic E-state index is 11.8. The fraction of sp³-hybridized carbons (Fsp3) is 0.583. The molecule has 25 heavy (non-hydrogen) atoms. The van der Waals surface area contributed by atoms with Gasteiger partial charge in [-0.1, -0.05) is 0 Å². The fourth-order valence-corrected chi connectivity index (χ4v) is 2.61. The van der Waals surface area contributed by atoms with Crippen molar-refractivity contribution in [2.24, 2.45) is 0 Å². The Morgan fingerprint density at radius 2 is 2.12 bits per heavy atom. The van der Waals surface area contributed by atoms with Crippen LogP contribution in [0.3, 0.4) is 0 Å². The summed E-state index contributed by atoms with van der Waals surface area (Å²) in [7, 11) is 15.4. The largest absolute Gasteiger partial charge is 0.394 e. The Morgan fingerprint density at radius 1 is 1.48 bits per heavy atom. The van der Waals surface area contributed by atoms with Gasteiger partial charge in [-0.25, -0.2) is 9.97 Å². The molecule has 3 heterocycles. The van der Waals surface area contributed by atoms with Gasteiger partial charge < -0.3 is 24.7 Å². The molecule has 0 aliphatic carbocycles. The zero-order valence-corrected chi connectivity index (χ0v) is 13.9. The zero-order chi connectivity index (χ0) is 18.7. The predicted octanol–water partition coefficient (Wildman–Crippen LogP) is -2.83. The number of methoxy groups -OCH3 is 1. The highest BCUT2D eigenvalue weighted by Crippen LogP contribution is 2.32. The Kier molecular flexibility index (Phi) is 6.50. The molecular weight excluding hydrogens is 323 g/mol. The summed E-state index contributed by atoms with van der Waals surface area (Å²) >= 11 is 0. The lowest BCUT2D eigenvalue weighted by molar-refractivity contribution is -0.0536. The lowest BCUT2D eigenvalue weighted by Crippen LogP contribution is -2.35. The predicted molar refractivity (Wildman–Crippen MR) is 93.7 cm³/mol. The molecule has 0 spiro atoms. The normalized spacial score (nSPS) is 25.6. The van der Waals surface area contributed by atoms with E-state index < -0.39 is 30.9 Å². The van der Waals surface area contributed by atoms with Crippen molar-refractivity contribution in [1.82, 2.24) is 19.5 Å². The minimum Gasteiger partial charge on any atom is -0.394 e. The molecule has 3 N–H and O–H groups in total. The molecule has 1 fully saturated rings. The van der Waals surface area contributed by atoms with Gasteiger partial charge in [0.05, 0.1) is 12.9 Å². The molecule has 0 saturated carbocycles. The third-order valence-electron chi connectivity index (χ3n) is 3.59. The summed E-state index contributed by atoms with van der Waals surface area (Å²) in [6.45, 7) is 1.37. The number of hydrogen-bond donors (Lipinski definition) is 3. The number of nitrogens with one attached hydrogen (secondary N) is 1. The minimum absolute atomic E-state index is 0.165. The van der Waals surface area contributed by atoms with Crippen LogP contribution in [0.25, 0.3) is 11.2 Å². The van der Waals surface area contributed by atoms with Crippen molar-refractivity contribution in [1.29, 1.82) is 0 Å². The number of aryl methyl sites for hydroxylation is 1. The molecule has 9 nitrogen and oxygen atoms in total. The molecule has 1 unspecified atom stereocenters. The SMILES string of the molecule is COC1[C@@H](CO)O[C@@H](n2cnc3c(=O)[nH]c(C)nc32)[C@H]1O.[B]B([B])[B]. The summed E-state index contributed by atoms with van der Waals surface area (Å²) in [5.41, 5.74) is 0.122. The van der Waals surface area contributed by atoms with Gasteiger partial charge in [-0.15, -0.1) is 0 Å². The molecule has 6 radical (unpaired) electrons. The number of aromatic nitrogens is 4. The number of hydrogen-bond acceptors (Lipinski definition) is 7. The van der Waals surface area contributed by atoms with Gasteiger partial charge in [0.15, 0.2) is 17.4 Å². The maximum atomic E-state index is 11.8. The van der Waals surface area contributed by atoms with Crippen molar-refractivity contribution in [2.45, 2.75) is 31.5 Å². The van der Waals surface area contributed by atoms with Gasteiger partial charge in [0.25, 0.3) is 5.56 Å². The monoisotopic (exact) mass is 340 g/mol. The summed E-state index contributed by atoms with van der Waals surface area (Å²) in [4.78, 5) is 22.6. The standard InChI is InChI=1S/C12H16N4O5.B4/c1-5-14-10-7(11(19)15-5)13-4-16(10)12-8(18)9(20-2)6(3-17)21-12;1-4(2)3/h4,6,8-9,12,17-18H,3H2,1-2H3,(H,14,15,19);/t6-,8+,9?,12-;/m1./s1. The summed E-state index contributed by atoms with van der Waals surface area (Å²) in [5, 5.41) is 19.6. The first-order valence-electron chi connectivity index (χ1n) is 7.47. The van der Waals surface area contributed by atoms with Crippen molar-refractivity contribution in [3.8, 4) is 0 Å². The molecule has 1 aliphatic rings. The molecule has 0 amide bonds. The average molecular weight is 340 g/mol. The van der Waals surface area contributed by atoms with Gasteiger partial charge in [-0.05, 0) is 6.92 Å². The first-order chi connectivity index (χ1) is 11.8. The van der Waals surface area contributed by atoms with Crippen LogP contribution in [-0.2, 0) is 9.47 Å². The van der Waals surface area contributed by atoms with Gasteiger partial charge in [-0.2, -0.15) is 0 Å². The van der Waals surface area contributed by atoms with E-state index in [9.17, 15) is 15.0 Å². The highest BCUT2D eigenvalue weighted by molar-refractivity contribution is 7.49. The van der Waals surface area contributed by atoms with Gasteiger partial charge in [0.2, 0.25) is 0 Å². The molecule has 0 bridgehead atoms. The Hall–Kier alpha value is -1.55. The molecule has 1 saturated heterocycles. The second-order valence-corrected chi connectivity index (χ2v) is 5.49. The number of aromatic amines is 1. The van der Waals surface area contributed by atoms with Gasteiger partial charge in [0.1, 0.15) is 24.1 Å². The Morgan fingerprint density at radius 3 is 2.64 bits per heavy atom. The van der Waals surface area contributed by atoms with Gasteiger partial charge in [0, 0.05) is 36.7 Å². The summed E-state index contributed by atoms with van der Waals surface area (Å²) in [5.74, 6) is 0.434. The van der Waals surface area contributed by atoms with E-state index in [0.717, 1.165) is 0 Å². The zero-order valence-electron chi connectivity index (χ0n) is 13.9. The van der Waals surface area contributed by atoms with E-state index in [-0.39, 0.29) is 17.7 Å². The summed E-state index contributed by atoms with van der Waals surface area (Å²) in [6.07, 6.45) is -2.44. The van der Waals surface area contributed by atoms with Crippen LogP contribution in [0.2, 0.25) is 0 Å². The number of fused-ring (bicyclic) bond motifs is 1. The first kappa shape index (κ1) is 19.8. The lowest BCUT2D eigenvalue weighted by atomic mass is 9.08. The van der Waals surface area contributed by atoms with Gasteiger partial charge >= 0.3 is 0 Å². The Labute approximate surface area is 148 Å². The fourth-order valence-electron chi connectivity index (χ4n) is 2.61. The Bertz CT molecular complexity index is 767. The van der Waals surface area contributed by atoms with Crippen LogP contribution in [-0.4, -0.2) is 91.4 Å². The molecule has 3 rings (SSSR count). The molecule has 2 aromatic heterocycles. The number of ether oxygens (including phenoxy) is 2. The van der Waals surface area contributed by atoms with Crippen LogP contribution >= 0.6 is 0 Å². The smallest absolute Gasteiger partial charge is 0.279 e. The molecule has 2 aromatic rings. The first-order valence-corrected chi connectivity index (χ1v) is 7.47. The molecule has 4 atom stereocenters. The van der Waals surface area contributed by atoms with Crippen molar-refractivity contribution in [2.75, 3.05) is 13.7 Å². The van der Waals surface area contributed by atoms with Crippen LogP contribution in [0.4, 0.5) is 0 Å². The quantitative estimate of drug-likeness (QED) is 0.515. The Balaban J connectivity index is 0.000000511. The summed E-state index contributed by atoms with van der Waals surface area (Å²) < 4.78 is 12.2. The van der Waals surface area contributed by atoms with E-state index in [1.807, 2.05) is 0 Å². The van der Waals surface area contributed by atoms with Crippen molar-refractivity contribution in [3.63, 3.8) is 0 Å². The van der Waals surface area contributed by atoms with E-state index in [2.05, 4.69) is 38.2 Å².